The number of nitrogens with zero attached hydrogens (tertiary/aromatic N) is 4. The summed E-state index contributed by atoms with van der Waals surface area (Å²) in [5.74, 6) is 1.32. The minimum absolute atomic E-state index is 0.197. The van der Waals surface area contributed by atoms with E-state index in [2.05, 4.69) is 23.7 Å². The smallest absolute Gasteiger partial charge is 0.383 e. The average Bonchev–Trinajstić information content (AvgIpc) is 3.25. The third-order valence-electron chi connectivity index (χ3n) is 7.71. The van der Waals surface area contributed by atoms with Gasteiger partial charge in [-0.3, -0.25) is 4.68 Å². The van der Waals surface area contributed by atoms with Crippen molar-refractivity contribution in [1.82, 2.24) is 19.7 Å². The quantitative estimate of drug-likeness (QED) is 0.712. The highest BCUT2D eigenvalue weighted by Gasteiger charge is 2.58. The van der Waals surface area contributed by atoms with Gasteiger partial charge in [-0.1, -0.05) is 6.92 Å². The van der Waals surface area contributed by atoms with Gasteiger partial charge in [-0.15, -0.1) is 0 Å². The third-order valence-corrected chi connectivity index (χ3v) is 7.71. The lowest BCUT2D eigenvalue weighted by Gasteiger charge is -2.25. The maximum Gasteiger partial charge on any atom is 0.419 e. The predicted molar refractivity (Wildman–Crippen MR) is 113 cm³/mol. The minimum atomic E-state index is -4.53. The Labute approximate surface area is 180 Å². The number of nitrogens with two attached hydrogens (primary N) is 1. The second kappa shape index (κ2) is 7.50. The molecule has 1 aliphatic heterocycles. The Bertz CT molecular complexity index is 951. The average molecular weight is 434 g/mol. The van der Waals surface area contributed by atoms with Crippen molar-refractivity contribution in [3.63, 3.8) is 0 Å². The summed E-state index contributed by atoms with van der Waals surface area (Å²) in [7, 11) is 0. The highest BCUT2D eigenvalue weighted by atomic mass is 19.4. The van der Waals surface area contributed by atoms with Crippen LogP contribution in [0.4, 0.5) is 19.0 Å². The molecule has 31 heavy (non-hydrogen) atoms. The Morgan fingerprint density at radius 1 is 1.16 bits per heavy atom. The highest BCUT2D eigenvalue weighted by Crippen LogP contribution is 2.64. The van der Waals surface area contributed by atoms with Crippen molar-refractivity contribution in [3.8, 4) is 11.3 Å². The van der Waals surface area contributed by atoms with Gasteiger partial charge in [0.2, 0.25) is 0 Å². The topological polar surface area (TPSA) is 60.0 Å². The summed E-state index contributed by atoms with van der Waals surface area (Å²) in [6, 6.07) is 3.98. The summed E-state index contributed by atoms with van der Waals surface area (Å²) >= 11 is 0. The number of nitrogen functional groups attached to an aromatic ring is 1. The van der Waals surface area contributed by atoms with Crippen molar-refractivity contribution < 1.29 is 13.2 Å². The summed E-state index contributed by atoms with van der Waals surface area (Å²) < 4.78 is 42.0. The van der Waals surface area contributed by atoms with Gasteiger partial charge in [0.1, 0.15) is 5.82 Å². The largest absolute Gasteiger partial charge is 0.419 e. The van der Waals surface area contributed by atoms with Crippen molar-refractivity contribution in [2.45, 2.75) is 70.1 Å². The fraction of sp³-hybridized carbons (Fsp3) is 0.652. The molecule has 3 aliphatic rings. The van der Waals surface area contributed by atoms with Crippen LogP contribution in [0.1, 0.15) is 69.2 Å². The highest BCUT2D eigenvalue weighted by molar-refractivity contribution is 5.63. The van der Waals surface area contributed by atoms with Gasteiger partial charge in [0, 0.05) is 35.5 Å². The van der Waals surface area contributed by atoms with Gasteiger partial charge in [-0.25, -0.2) is 4.98 Å². The molecule has 5 atom stereocenters. The zero-order chi connectivity index (χ0) is 21.9. The van der Waals surface area contributed by atoms with Crippen molar-refractivity contribution in [2.75, 3.05) is 18.8 Å². The molecule has 0 radical (unpaired) electrons. The SMILES string of the molecule is CCC(C)n1nc(-c2cnc(N)c(C(F)(F)F)c2)cc1C1[C@H]2CC(N3CCCC3)C[C@@H]12. The summed E-state index contributed by atoms with van der Waals surface area (Å²) in [4.78, 5) is 6.45. The standard InChI is InChI=1S/C23H30F3N5/c1-3-13(2)31-20(21-16-9-15(10-17(16)21)30-6-4-5-7-30)11-19(29-31)14-8-18(23(24,25)26)22(27)28-12-14/h8,11-13,15-17,21H,3-7,9-10H2,1-2H3,(H2,27,28)/t13?,15?,16-,17+,21?. The van der Waals surface area contributed by atoms with Crippen molar-refractivity contribution in [2.24, 2.45) is 11.8 Å². The van der Waals surface area contributed by atoms with E-state index in [1.165, 1.54) is 50.7 Å². The molecule has 3 heterocycles. The maximum atomic E-state index is 13.3. The van der Waals surface area contributed by atoms with E-state index in [4.69, 9.17) is 10.8 Å². The number of hydrogen-bond donors (Lipinski definition) is 1. The lowest BCUT2D eigenvalue weighted by molar-refractivity contribution is -0.137. The van der Waals surface area contributed by atoms with Gasteiger partial charge in [0.05, 0.1) is 11.3 Å². The minimum Gasteiger partial charge on any atom is -0.383 e. The molecule has 8 heteroatoms. The zero-order valence-corrected chi connectivity index (χ0v) is 18.1. The summed E-state index contributed by atoms with van der Waals surface area (Å²) in [5, 5.41) is 4.75. The second-order valence-corrected chi connectivity index (χ2v) is 9.53. The Hall–Kier alpha value is -2.09. The fourth-order valence-corrected chi connectivity index (χ4v) is 5.82. The van der Waals surface area contributed by atoms with Gasteiger partial charge in [0.25, 0.3) is 0 Å². The maximum absolute atomic E-state index is 13.3. The molecule has 0 spiro atoms. The summed E-state index contributed by atoms with van der Waals surface area (Å²) in [5.41, 5.74) is 6.67. The molecule has 1 saturated heterocycles. The van der Waals surface area contributed by atoms with Crippen molar-refractivity contribution in [1.29, 1.82) is 0 Å². The van der Waals surface area contributed by atoms with Crippen LogP contribution in [0.25, 0.3) is 11.3 Å². The first kappa shape index (κ1) is 20.8. The van der Waals surface area contributed by atoms with Gasteiger partial charge in [-0.2, -0.15) is 18.3 Å². The fourth-order valence-electron chi connectivity index (χ4n) is 5.82. The molecule has 5 nitrogen and oxygen atoms in total. The first-order valence-electron chi connectivity index (χ1n) is 11.4. The number of halogens is 3. The van der Waals surface area contributed by atoms with Crippen LogP contribution in [0.5, 0.6) is 0 Å². The number of likely N-dealkylation sites (tertiary alicyclic amines) is 1. The number of fused-ring (bicyclic) bond motifs is 1. The molecule has 0 amide bonds. The molecular weight excluding hydrogens is 403 g/mol. The lowest BCUT2D eigenvalue weighted by atomic mass is 10.0. The van der Waals surface area contributed by atoms with E-state index in [1.807, 2.05) is 10.7 Å². The number of rotatable bonds is 5. The van der Waals surface area contributed by atoms with Crippen LogP contribution in [0.3, 0.4) is 0 Å². The van der Waals surface area contributed by atoms with Crippen LogP contribution < -0.4 is 5.73 Å². The molecule has 0 bridgehead atoms. The predicted octanol–water partition coefficient (Wildman–Crippen LogP) is 5.10. The summed E-state index contributed by atoms with van der Waals surface area (Å²) in [6.07, 6.45) is 2.88. The monoisotopic (exact) mass is 433 g/mol. The van der Waals surface area contributed by atoms with Crippen LogP contribution in [0, 0.1) is 11.8 Å². The lowest BCUT2D eigenvalue weighted by Crippen LogP contribution is -2.31. The van der Waals surface area contributed by atoms with Gasteiger partial charge < -0.3 is 10.6 Å². The normalized spacial score (nSPS) is 29.3. The van der Waals surface area contributed by atoms with Crippen molar-refractivity contribution in [3.05, 3.63) is 29.6 Å². The molecule has 3 unspecified atom stereocenters. The Kier molecular flexibility index (Phi) is 5.03. The van der Waals surface area contributed by atoms with Crippen LogP contribution in [0.15, 0.2) is 18.3 Å². The molecule has 2 aromatic rings. The number of hydrogen-bond acceptors (Lipinski definition) is 4. The Morgan fingerprint density at radius 3 is 2.45 bits per heavy atom. The Morgan fingerprint density at radius 2 is 1.84 bits per heavy atom. The summed E-state index contributed by atoms with van der Waals surface area (Å²) in [6.45, 7) is 6.69. The molecule has 3 fully saturated rings. The first-order valence-corrected chi connectivity index (χ1v) is 11.4. The van der Waals surface area contributed by atoms with Crippen LogP contribution in [-0.4, -0.2) is 38.8 Å². The second-order valence-electron chi connectivity index (χ2n) is 9.53. The van der Waals surface area contributed by atoms with Crippen LogP contribution >= 0.6 is 0 Å². The number of aromatic nitrogens is 3. The first-order chi connectivity index (χ1) is 14.8. The van der Waals surface area contributed by atoms with E-state index in [9.17, 15) is 13.2 Å². The van der Waals surface area contributed by atoms with Crippen LogP contribution in [-0.2, 0) is 6.18 Å². The molecule has 5 rings (SSSR count). The number of alkyl halides is 3. The molecule has 2 aliphatic carbocycles. The van der Waals surface area contributed by atoms with E-state index in [-0.39, 0.29) is 6.04 Å². The van der Waals surface area contributed by atoms with Crippen molar-refractivity contribution >= 4 is 5.82 Å². The Balaban J connectivity index is 1.43. The molecule has 2 saturated carbocycles. The van der Waals surface area contributed by atoms with E-state index in [1.54, 1.807) is 0 Å². The van der Waals surface area contributed by atoms with Gasteiger partial charge in [0.15, 0.2) is 0 Å². The van der Waals surface area contributed by atoms with E-state index in [0.717, 1.165) is 12.5 Å². The van der Waals surface area contributed by atoms with E-state index >= 15 is 0 Å². The van der Waals surface area contributed by atoms with Crippen LogP contribution in [0.2, 0.25) is 0 Å². The van der Waals surface area contributed by atoms with Gasteiger partial charge >= 0.3 is 6.18 Å². The molecule has 2 N–H and O–H groups in total. The van der Waals surface area contributed by atoms with E-state index in [0.29, 0.717) is 35.1 Å². The number of pyridine rings is 1. The molecule has 168 valence electrons. The van der Waals surface area contributed by atoms with E-state index < -0.39 is 17.6 Å². The molecule has 0 aromatic carbocycles. The molecule has 2 aromatic heterocycles. The molecular formula is C23H30F3N5. The van der Waals surface area contributed by atoms with Gasteiger partial charge in [-0.05, 0) is 76.1 Å². The third kappa shape index (κ3) is 3.62. The zero-order valence-electron chi connectivity index (χ0n) is 18.1. The number of anilines is 1.